The average Bonchev–Trinajstić information content (AvgIpc) is 0.810. The summed E-state index contributed by atoms with van der Waals surface area (Å²) in [5, 5.41) is 0. The van der Waals surface area contributed by atoms with Gasteiger partial charge in [-0.3, -0.25) is 9.59 Å². The highest BCUT2D eigenvalue weighted by Crippen LogP contribution is 2.41. The molecule has 708 valence electrons. The number of carbonyl (C=O) groups is 6. The number of carbonyl (C=O) groups excluding carboxylic acids is 6. The third-order valence-electron chi connectivity index (χ3n) is 17.3. The number of hydrogen-bond acceptors (Lipinski definition) is 36. The van der Waals surface area contributed by atoms with Crippen molar-refractivity contribution in [2.45, 2.75) is 53.4 Å². The Morgan fingerprint density at radius 1 is 0.248 bits per heavy atom. The van der Waals surface area contributed by atoms with Crippen LogP contribution >= 0.6 is 0 Å². The summed E-state index contributed by atoms with van der Waals surface area (Å²) in [7, 11) is 14.0. The van der Waals surface area contributed by atoms with Gasteiger partial charge in [-0.2, -0.15) is 0 Å². The maximum Gasteiger partial charge on any atom is 0.338 e. The Balaban J connectivity index is 1.84. The molecule has 0 bridgehead atoms. The van der Waals surface area contributed by atoms with Crippen LogP contribution in [0.25, 0.3) is 0 Å². The average molecular weight is 1780 g/mol. The molecule has 4 aromatic carbocycles. The highest BCUT2D eigenvalue weighted by Gasteiger charge is 2.40. The number of hydrogen-bond donors (Lipinski definition) is 0. The fourth-order valence-electron chi connectivity index (χ4n) is 11.1. The molecule has 0 aliphatic rings. The van der Waals surface area contributed by atoms with Crippen LogP contribution in [0, 0.1) is 33.1 Å². The molecule has 0 aliphatic carbocycles. The molecule has 0 saturated carbocycles. The van der Waals surface area contributed by atoms with E-state index in [0.29, 0.717) is 78.5 Å². The first kappa shape index (κ1) is 109. The third-order valence-corrected chi connectivity index (χ3v) is 17.3. The largest absolute Gasteiger partial charge is 0.487 e. The van der Waals surface area contributed by atoms with E-state index in [1.54, 1.807) is 52.7 Å². The van der Waals surface area contributed by atoms with Gasteiger partial charge in [0.25, 0.3) is 0 Å². The summed E-state index contributed by atoms with van der Waals surface area (Å²) in [6.45, 7) is 11.9. The molecule has 4 aromatic rings. The molecule has 0 saturated heterocycles. The van der Waals surface area contributed by atoms with Crippen LogP contribution in [-0.2, 0) is 114 Å². The van der Waals surface area contributed by atoms with Gasteiger partial charge in [0.1, 0.15) is 84.7 Å². The molecule has 36 nitrogen and oxygen atoms in total. The quantitative estimate of drug-likeness (QED) is 0.0235. The summed E-state index contributed by atoms with van der Waals surface area (Å²) < 4.78 is 163. The van der Waals surface area contributed by atoms with Crippen molar-refractivity contribution < 1.29 is 161 Å². The summed E-state index contributed by atoms with van der Waals surface area (Å²) in [4.78, 5) is 87.9. The van der Waals surface area contributed by atoms with Gasteiger partial charge in [0.15, 0.2) is 23.0 Å². The first-order valence-corrected chi connectivity index (χ1v) is 42.2. The first-order valence-electron chi connectivity index (χ1n) is 42.2. The van der Waals surface area contributed by atoms with Crippen molar-refractivity contribution in [3.63, 3.8) is 0 Å². The summed E-state index contributed by atoms with van der Waals surface area (Å²) in [5.74, 6) is -4.11. The van der Waals surface area contributed by atoms with Crippen molar-refractivity contribution in [1.82, 2.24) is 9.80 Å². The van der Waals surface area contributed by atoms with E-state index in [2.05, 4.69) is 0 Å². The van der Waals surface area contributed by atoms with Crippen LogP contribution in [0.2, 0.25) is 0 Å². The Kier molecular flexibility index (Phi) is 61.0. The topological polar surface area (TPSA) is 367 Å². The van der Waals surface area contributed by atoms with Gasteiger partial charge in [0.2, 0.25) is 11.5 Å². The van der Waals surface area contributed by atoms with Gasteiger partial charge in [-0.05, 0) is 130 Å². The molecule has 125 heavy (non-hydrogen) atoms. The molecule has 36 heteroatoms. The number of methoxy groups -OCH3 is 4. The lowest BCUT2D eigenvalue weighted by Gasteiger charge is -2.32. The van der Waals surface area contributed by atoms with Gasteiger partial charge in [-0.15, -0.1) is 0 Å². The maximum absolute atomic E-state index is 15.3. The number of rotatable bonds is 80. The number of benzene rings is 4. The molecule has 0 atom stereocenters. The first-order chi connectivity index (χ1) is 60.7. The standard InChI is InChI=1S/C89H138N2O34/c1-69-55-70(2)58-73(57-69)85(94)122-65-89(66-123-86(95)74-59-71(3)56-72(4)60-74,67-124-87(96)75-61-77(114-47-39-106-31-27-102-23-19-98-9)83(120-53-45-112-33-29-104-25-21-100-11)79(63-75)116-49-41-108-35-37-110-43-51-118-81(92)15-13-17-90(5)6)68-125-88(97)76-62-78(115-48-40-107-32-28-103-24-20-99-10)84(121-54-46-113-34-30-105-26-22-101-12)80(64-76)117-50-42-109-36-38-111-44-52-119-82(93)16-14-18-91(7)8/h55-64H,13-54,65-68H2,1-12H3. The maximum atomic E-state index is 15.3. The Bertz CT molecular complexity index is 3300. The predicted molar refractivity (Wildman–Crippen MR) is 456 cm³/mol. The molecule has 0 unspecified atom stereocenters. The minimum atomic E-state index is -1.94. The smallest absolute Gasteiger partial charge is 0.338 e. The Morgan fingerprint density at radius 3 is 0.672 bits per heavy atom. The Labute approximate surface area is 736 Å². The van der Waals surface area contributed by atoms with Crippen molar-refractivity contribution in [3.05, 3.63) is 105 Å². The van der Waals surface area contributed by atoms with Crippen LogP contribution in [0.4, 0.5) is 0 Å². The lowest BCUT2D eigenvalue weighted by molar-refractivity contribution is -0.146. The number of aryl methyl sites for hydroxylation is 4. The fourth-order valence-corrected chi connectivity index (χ4v) is 11.1. The zero-order valence-electron chi connectivity index (χ0n) is 75.6. The summed E-state index contributed by atoms with van der Waals surface area (Å²) >= 11 is 0. The molecule has 0 heterocycles. The van der Waals surface area contributed by atoms with Crippen LogP contribution in [0.3, 0.4) is 0 Å². The lowest BCUT2D eigenvalue weighted by atomic mass is 9.91. The van der Waals surface area contributed by atoms with Gasteiger partial charge >= 0.3 is 35.8 Å². The minimum Gasteiger partial charge on any atom is -0.487 e. The monoisotopic (exact) mass is 1780 g/mol. The molecular weight excluding hydrogens is 1640 g/mol. The van der Waals surface area contributed by atoms with Crippen LogP contribution in [-0.4, -0.2) is 380 Å². The highest BCUT2D eigenvalue weighted by atomic mass is 16.6. The van der Waals surface area contributed by atoms with E-state index < -0.39 is 55.7 Å². The van der Waals surface area contributed by atoms with Crippen LogP contribution in [0.5, 0.6) is 34.5 Å². The van der Waals surface area contributed by atoms with Gasteiger partial charge in [0.05, 0.1) is 207 Å². The highest BCUT2D eigenvalue weighted by molar-refractivity contribution is 5.93. The molecular formula is C89H138N2O34. The molecule has 0 fully saturated rings. The number of ether oxygens (including phenoxy) is 28. The van der Waals surface area contributed by atoms with Crippen molar-refractivity contribution in [2.75, 3.05) is 334 Å². The van der Waals surface area contributed by atoms with E-state index in [4.69, 9.17) is 133 Å². The van der Waals surface area contributed by atoms with Gasteiger partial charge in [0, 0.05) is 41.3 Å². The summed E-state index contributed by atoms with van der Waals surface area (Å²) in [6, 6.07) is 15.8. The van der Waals surface area contributed by atoms with Gasteiger partial charge in [-0.25, -0.2) is 19.2 Å². The zero-order chi connectivity index (χ0) is 90.6. The van der Waals surface area contributed by atoms with Crippen LogP contribution in [0.15, 0.2) is 60.7 Å². The Morgan fingerprint density at radius 2 is 0.448 bits per heavy atom. The van der Waals surface area contributed by atoms with E-state index in [0.717, 1.165) is 35.3 Å². The SMILES string of the molecule is COCCOCCOCCOc1cc(C(=O)OCC(COC(=O)c2cc(C)cc(C)c2)(COC(=O)c2cc(C)cc(C)c2)COC(=O)c2cc(OCCOCCOCCOC)c(OCCOCCOCCOC)c(OCCOCCOCCOC(=O)CCCN(C)C)c2)cc(OCCOCCOCCOC(=O)CCCN(C)C)c1OCCOCCOCCOC. The van der Waals surface area contributed by atoms with Crippen LogP contribution in [0.1, 0.15) is 89.4 Å². The van der Waals surface area contributed by atoms with Crippen molar-refractivity contribution in [3.8, 4) is 34.5 Å². The number of nitrogens with zero attached hydrogens (tertiary/aromatic N) is 2. The van der Waals surface area contributed by atoms with Gasteiger partial charge < -0.3 is 142 Å². The summed E-state index contributed by atoms with van der Waals surface area (Å²) in [6.07, 6.45) is 1.92. The minimum absolute atomic E-state index is 0.00515. The number of esters is 6. The van der Waals surface area contributed by atoms with E-state index in [9.17, 15) is 19.2 Å². The normalized spacial score (nSPS) is 11.4. The molecule has 0 spiro atoms. The fraction of sp³-hybridized carbons (Fsp3) is 0.663. The van der Waals surface area contributed by atoms with E-state index in [1.807, 2.05) is 77.8 Å². The van der Waals surface area contributed by atoms with E-state index >= 15 is 9.59 Å². The molecule has 0 aliphatic heterocycles. The van der Waals surface area contributed by atoms with Crippen molar-refractivity contribution in [1.29, 1.82) is 0 Å². The predicted octanol–water partition coefficient (Wildman–Crippen LogP) is 7.46. The van der Waals surface area contributed by atoms with Crippen molar-refractivity contribution >= 4 is 35.8 Å². The third kappa shape index (κ3) is 52.0. The van der Waals surface area contributed by atoms with E-state index in [-0.39, 0.29) is 254 Å². The van der Waals surface area contributed by atoms with E-state index in [1.165, 1.54) is 24.3 Å². The molecule has 0 N–H and O–H groups in total. The Hall–Kier alpha value is -8.22. The van der Waals surface area contributed by atoms with Gasteiger partial charge in [-0.1, -0.05) is 34.4 Å². The second-order valence-electron chi connectivity index (χ2n) is 28.8. The van der Waals surface area contributed by atoms with Crippen molar-refractivity contribution in [2.24, 2.45) is 5.41 Å². The second-order valence-corrected chi connectivity index (χ2v) is 28.8. The van der Waals surface area contributed by atoms with Crippen LogP contribution < -0.4 is 28.4 Å². The molecule has 0 amide bonds. The second kappa shape index (κ2) is 69.8. The summed E-state index contributed by atoms with van der Waals surface area (Å²) in [5.41, 5.74) is 1.09. The molecule has 0 radical (unpaired) electrons. The molecule has 4 rings (SSSR count). The lowest BCUT2D eigenvalue weighted by Crippen LogP contribution is -2.44. The zero-order valence-corrected chi connectivity index (χ0v) is 75.6. The molecule has 0 aromatic heterocycles.